The van der Waals surface area contributed by atoms with Crippen LogP contribution >= 0.6 is 11.8 Å². The second kappa shape index (κ2) is 6.02. The molecule has 1 spiro atoms. The first-order valence-corrected chi connectivity index (χ1v) is 8.07. The van der Waals surface area contributed by atoms with Crippen molar-refractivity contribution in [3.8, 4) is 0 Å². The van der Waals surface area contributed by atoms with Gasteiger partial charge in [-0.15, -0.1) is 11.8 Å². The van der Waals surface area contributed by atoms with Crippen molar-refractivity contribution in [1.82, 2.24) is 0 Å². The zero-order chi connectivity index (χ0) is 15.8. The maximum Gasteiger partial charge on any atom is 0.416 e. The molecule has 1 saturated carbocycles. The molecule has 1 aromatic carbocycles. The molecule has 1 heterocycles. The predicted molar refractivity (Wildman–Crippen MR) is 74.2 cm³/mol. The maximum absolute atomic E-state index is 13.4. The summed E-state index contributed by atoms with van der Waals surface area (Å²) in [5.41, 5.74) is -0.940. The summed E-state index contributed by atoms with van der Waals surface area (Å²) in [6, 6.07) is 2.70. The van der Waals surface area contributed by atoms with E-state index in [1.165, 1.54) is 11.8 Å². The lowest BCUT2D eigenvalue weighted by Gasteiger charge is -2.35. The van der Waals surface area contributed by atoms with Gasteiger partial charge in [0, 0.05) is 23.0 Å². The molecular formula is C15H16F4O2S. The van der Waals surface area contributed by atoms with E-state index in [0.717, 1.165) is 37.8 Å². The number of hydrogen-bond donors (Lipinski definition) is 0. The Balaban J connectivity index is 1.65. The molecule has 0 N–H and O–H groups in total. The Bertz CT molecular complexity index is 531. The lowest BCUT2D eigenvalue weighted by Crippen LogP contribution is -2.35. The zero-order valence-corrected chi connectivity index (χ0v) is 12.6. The third-order valence-corrected chi connectivity index (χ3v) is 5.32. The third kappa shape index (κ3) is 3.58. The summed E-state index contributed by atoms with van der Waals surface area (Å²) >= 11 is 1.30. The minimum atomic E-state index is -4.53. The number of hydrogen-bond acceptors (Lipinski definition) is 3. The summed E-state index contributed by atoms with van der Waals surface area (Å²) in [4.78, 5) is 0.321. The van der Waals surface area contributed by atoms with Gasteiger partial charge in [0.05, 0.1) is 18.8 Å². The van der Waals surface area contributed by atoms with Crippen molar-refractivity contribution in [2.45, 2.75) is 47.8 Å². The molecular weight excluding hydrogens is 320 g/mol. The molecule has 0 radical (unpaired) electrons. The van der Waals surface area contributed by atoms with E-state index in [2.05, 4.69) is 0 Å². The summed E-state index contributed by atoms with van der Waals surface area (Å²) in [5, 5.41) is 0.154. The number of rotatable bonds is 2. The Morgan fingerprint density at radius 2 is 1.68 bits per heavy atom. The van der Waals surface area contributed by atoms with E-state index < -0.39 is 23.3 Å². The van der Waals surface area contributed by atoms with E-state index in [4.69, 9.17) is 9.47 Å². The average Bonchev–Trinajstić information content (AvgIpc) is 2.89. The van der Waals surface area contributed by atoms with Gasteiger partial charge >= 0.3 is 6.18 Å². The first-order chi connectivity index (χ1) is 10.4. The second-order valence-electron chi connectivity index (χ2n) is 5.60. The van der Waals surface area contributed by atoms with Crippen molar-refractivity contribution in [3.05, 3.63) is 29.6 Å². The van der Waals surface area contributed by atoms with Crippen molar-refractivity contribution in [2.75, 3.05) is 13.2 Å². The molecule has 1 aliphatic heterocycles. The predicted octanol–water partition coefficient (Wildman–Crippen LogP) is 4.62. The molecule has 2 nitrogen and oxygen atoms in total. The largest absolute Gasteiger partial charge is 0.416 e. The van der Waals surface area contributed by atoms with Crippen LogP contribution in [0.15, 0.2) is 23.1 Å². The lowest BCUT2D eigenvalue weighted by atomic mass is 9.94. The van der Waals surface area contributed by atoms with Gasteiger partial charge in [-0.05, 0) is 31.0 Å². The molecule has 122 valence electrons. The molecule has 1 aromatic rings. The first-order valence-electron chi connectivity index (χ1n) is 7.19. The Hall–Kier alpha value is -0.790. The van der Waals surface area contributed by atoms with Gasteiger partial charge in [0.25, 0.3) is 0 Å². The quantitative estimate of drug-likeness (QED) is 0.734. The smallest absolute Gasteiger partial charge is 0.348 e. The van der Waals surface area contributed by atoms with Gasteiger partial charge in [0.15, 0.2) is 5.79 Å². The van der Waals surface area contributed by atoms with Crippen molar-refractivity contribution < 1.29 is 27.0 Å². The Labute approximate surface area is 130 Å². The minimum Gasteiger partial charge on any atom is -0.348 e. The minimum absolute atomic E-state index is 0.154. The summed E-state index contributed by atoms with van der Waals surface area (Å²) in [6.45, 7) is 1.19. The van der Waals surface area contributed by atoms with Crippen LogP contribution in [0.2, 0.25) is 0 Å². The van der Waals surface area contributed by atoms with Crippen LogP contribution in [0.4, 0.5) is 17.6 Å². The van der Waals surface area contributed by atoms with Crippen molar-refractivity contribution in [2.24, 2.45) is 0 Å². The summed E-state index contributed by atoms with van der Waals surface area (Å²) in [7, 11) is 0. The van der Waals surface area contributed by atoms with Crippen LogP contribution in [0.1, 0.15) is 31.2 Å². The van der Waals surface area contributed by atoms with Crippen LogP contribution in [0.5, 0.6) is 0 Å². The normalized spacial score (nSPS) is 22.4. The highest BCUT2D eigenvalue weighted by Gasteiger charge is 2.40. The summed E-state index contributed by atoms with van der Waals surface area (Å²) in [6.07, 6.45) is -1.51. The summed E-state index contributed by atoms with van der Waals surface area (Å²) < 4.78 is 62.8. The van der Waals surface area contributed by atoms with Gasteiger partial charge in [-0.1, -0.05) is 0 Å². The van der Waals surface area contributed by atoms with E-state index >= 15 is 0 Å². The number of thioether (sulfide) groups is 1. The van der Waals surface area contributed by atoms with E-state index in [-0.39, 0.29) is 5.25 Å². The SMILES string of the molecule is Fc1cc(SC2CCC3(CC2)OCCO3)cc(C(F)(F)F)c1. The van der Waals surface area contributed by atoms with E-state index in [1.54, 1.807) is 0 Å². The molecule has 0 aromatic heterocycles. The van der Waals surface area contributed by atoms with E-state index in [9.17, 15) is 17.6 Å². The molecule has 1 saturated heterocycles. The third-order valence-electron chi connectivity index (χ3n) is 4.01. The Kier molecular flexibility index (Phi) is 4.40. The molecule has 0 atom stereocenters. The van der Waals surface area contributed by atoms with Gasteiger partial charge in [0.2, 0.25) is 0 Å². The lowest BCUT2D eigenvalue weighted by molar-refractivity contribution is -0.175. The van der Waals surface area contributed by atoms with Gasteiger partial charge in [-0.2, -0.15) is 13.2 Å². The van der Waals surface area contributed by atoms with Crippen molar-refractivity contribution >= 4 is 11.8 Å². The highest BCUT2D eigenvalue weighted by molar-refractivity contribution is 8.00. The number of ether oxygens (including phenoxy) is 2. The molecule has 2 aliphatic rings. The van der Waals surface area contributed by atoms with Crippen LogP contribution in [0, 0.1) is 5.82 Å². The van der Waals surface area contributed by atoms with Gasteiger partial charge in [-0.25, -0.2) is 4.39 Å². The zero-order valence-electron chi connectivity index (χ0n) is 11.8. The molecule has 3 rings (SSSR count). The fourth-order valence-electron chi connectivity index (χ4n) is 2.92. The molecule has 7 heteroatoms. The van der Waals surface area contributed by atoms with Gasteiger partial charge in [-0.3, -0.25) is 0 Å². The number of halogens is 4. The molecule has 22 heavy (non-hydrogen) atoms. The van der Waals surface area contributed by atoms with Gasteiger partial charge in [0.1, 0.15) is 5.82 Å². The fraction of sp³-hybridized carbons (Fsp3) is 0.600. The molecule has 0 amide bonds. The number of alkyl halides is 3. The topological polar surface area (TPSA) is 18.5 Å². The van der Waals surface area contributed by atoms with Crippen LogP contribution in [0.25, 0.3) is 0 Å². The van der Waals surface area contributed by atoms with Crippen molar-refractivity contribution in [1.29, 1.82) is 0 Å². The highest BCUT2D eigenvalue weighted by atomic mass is 32.2. The first kappa shape index (κ1) is 16.1. The van der Waals surface area contributed by atoms with Crippen LogP contribution < -0.4 is 0 Å². The van der Waals surface area contributed by atoms with Crippen LogP contribution in [0.3, 0.4) is 0 Å². The maximum atomic E-state index is 13.4. The molecule has 0 bridgehead atoms. The molecule has 1 aliphatic carbocycles. The second-order valence-corrected chi connectivity index (χ2v) is 6.97. The number of benzene rings is 1. The van der Waals surface area contributed by atoms with Crippen LogP contribution in [-0.2, 0) is 15.7 Å². The molecule has 2 fully saturated rings. The van der Waals surface area contributed by atoms with E-state index in [1.807, 2.05) is 0 Å². The monoisotopic (exact) mass is 336 g/mol. The Morgan fingerprint density at radius 3 is 2.27 bits per heavy atom. The fourth-order valence-corrected chi connectivity index (χ4v) is 4.15. The van der Waals surface area contributed by atoms with E-state index in [0.29, 0.717) is 24.2 Å². The van der Waals surface area contributed by atoms with Crippen LogP contribution in [-0.4, -0.2) is 24.3 Å². The van der Waals surface area contributed by atoms with Gasteiger partial charge < -0.3 is 9.47 Å². The summed E-state index contributed by atoms with van der Waals surface area (Å²) in [5.74, 6) is -1.34. The average molecular weight is 336 g/mol. The standard InChI is InChI=1S/C15H16F4O2S/c16-11-7-10(15(17,18)19)8-13(9-11)22-12-1-3-14(4-2-12)20-5-6-21-14/h7-9,12H,1-6H2. The Morgan fingerprint density at radius 1 is 1.05 bits per heavy atom. The molecule has 0 unspecified atom stereocenters. The van der Waals surface area contributed by atoms with Crippen molar-refractivity contribution in [3.63, 3.8) is 0 Å². The highest BCUT2D eigenvalue weighted by Crippen LogP contribution is 2.42.